The van der Waals surface area contributed by atoms with Crippen LogP contribution in [0.3, 0.4) is 0 Å². The maximum absolute atomic E-state index is 10.9. The molecule has 8 nitrogen and oxygen atoms in total. The van der Waals surface area contributed by atoms with Crippen LogP contribution < -0.4 is 10.2 Å². The molecule has 0 aliphatic carbocycles. The Morgan fingerprint density at radius 2 is 2.00 bits per heavy atom. The molecule has 0 aliphatic rings. The summed E-state index contributed by atoms with van der Waals surface area (Å²) in [5, 5.41) is 15.9. The molecule has 0 fully saturated rings. The number of thioether (sulfide) groups is 1. The van der Waals surface area contributed by atoms with Crippen molar-refractivity contribution in [3.63, 3.8) is 0 Å². The molecule has 0 atom stereocenters. The molecule has 1 N–H and O–H groups in total. The van der Waals surface area contributed by atoms with Crippen LogP contribution in [-0.2, 0) is 5.75 Å². The zero-order valence-electron chi connectivity index (χ0n) is 15.9. The van der Waals surface area contributed by atoms with Crippen molar-refractivity contribution in [1.29, 1.82) is 0 Å². The van der Waals surface area contributed by atoms with Crippen molar-refractivity contribution >= 4 is 28.8 Å². The van der Waals surface area contributed by atoms with Gasteiger partial charge in [0.25, 0.3) is 5.69 Å². The highest BCUT2D eigenvalue weighted by atomic mass is 32.2. The number of non-ortho nitro benzene ring substituents is 1. The highest BCUT2D eigenvalue weighted by Gasteiger charge is 2.09. The van der Waals surface area contributed by atoms with Gasteiger partial charge in [-0.2, -0.15) is 5.10 Å². The van der Waals surface area contributed by atoms with E-state index in [0.29, 0.717) is 16.6 Å². The van der Waals surface area contributed by atoms with Crippen molar-refractivity contribution in [3.05, 3.63) is 82.2 Å². The van der Waals surface area contributed by atoms with Gasteiger partial charge in [-0.15, -0.1) is 0 Å². The highest BCUT2D eigenvalue weighted by Crippen LogP contribution is 2.27. The maximum Gasteiger partial charge on any atom is 0.271 e. The van der Waals surface area contributed by atoms with E-state index in [-0.39, 0.29) is 5.69 Å². The summed E-state index contributed by atoms with van der Waals surface area (Å²) in [6, 6.07) is 13.8. The van der Waals surface area contributed by atoms with Crippen molar-refractivity contribution in [1.82, 2.24) is 9.97 Å². The fourth-order valence-corrected chi connectivity index (χ4v) is 3.30. The van der Waals surface area contributed by atoms with Crippen LogP contribution in [0.5, 0.6) is 5.75 Å². The number of nitrogens with one attached hydrogen (secondary N) is 1. The lowest BCUT2D eigenvalue weighted by atomic mass is 10.1. The fraction of sp³-hybridized carbons (Fsp3) is 0.150. The number of rotatable bonds is 8. The number of nitrogens with zero attached hydrogens (tertiary/aromatic N) is 4. The molecule has 2 aromatic carbocycles. The van der Waals surface area contributed by atoms with E-state index in [9.17, 15) is 10.1 Å². The molecule has 1 aromatic heterocycles. The third-order valence-electron chi connectivity index (χ3n) is 4.01. The molecule has 1 heterocycles. The Morgan fingerprint density at radius 1 is 1.21 bits per heavy atom. The second-order valence-corrected chi connectivity index (χ2v) is 6.91. The van der Waals surface area contributed by atoms with E-state index in [2.05, 4.69) is 20.5 Å². The Labute approximate surface area is 172 Å². The Hall–Kier alpha value is -3.46. The molecule has 0 radical (unpaired) electrons. The fourth-order valence-electron chi connectivity index (χ4n) is 2.52. The summed E-state index contributed by atoms with van der Waals surface area (Å²) in [7, 11) is 1.63. The number of hydrogen-bond acceptors (Lipinski definition) is 8. The zero-order chi connectivity index (χ0) is 20.6. The van der Waals surface area contributed by atoms with Gasteiger partial charge < -0.3 is 4.74 Å². The Morgan fingerprint density at radius 3 is 2.72 bits per heavy atom. The summed E-state index contributed by atoms with van der Waals surface area (Å²) in [4.78, 5) is 18.9. The first-order valence-electron chi connectivity index (χ1n) is 8.68. The predicted octanol–water partition coefficient (Wildman–Crippen LogP) is 4.52. The average Bonchev–Trinajstić information content (AvgIpc) is 2.76. The van der Waals surface area contributed by atoms with Gasteiger partial charge in [0.1, 0.15) is 5.75 Å². The molecule has 0 unspecified atom stereocenters. The Kier molecular flexibility index (Phi) is 6.75. The Balaban J connectivity index is 1.76. The van der Waals surface area contributed by atoms with Crippen LogP contribution in [0, 0.1) is 10.1 Å². The van der Waals surface area contributed by atoms with Crippen LogP contribution in [0.25, 0.3) is 0 Å². The third-order valence-corrected chi connectivity index (χ3v) is 4.93. The van der Waals surface area contributed by atoms with Crippen molar-refractivity contribution in [3.8, 4) is 5.75 Å². The SMILES string of the molecule is COc1ccc(/C(C)=N\Nc2cccc([N+](=O)[O-])c2)cc1CSc1ncccn1. The van der Waals surface area contributed by atoms with Crippen molar-refractivity contribution in [2.24, 2.45) is 5.10 Å². The number of methoxy groups -OCH3 is 1. The van der Waals surface area contributed by atoms with Gasteiger partial charge in [0.2, 0.25) is 0 Å². The number of nitro groups is 1. The monoisotopic (exact) mass is 409 g/mol. The predicted molar refractivity (Wildman–Crippen MR) is 114 cm³/mol. The molecule has 3 aromatic rings. The third kappa shape index (κ3) is 5.52. The van der Waals surface area contributed by atoms with Crippen LogP contribution in [-0.4, -0.2) is 27.7 Å². The number of nitro benzene ring substituents is 1. The minimum atomic E-state index is -0.439. The topological polar surface area (TPSA) is 103 Å². The highest BCUT2D eigenvalue weighted by molar-refractivity contribution is 7.98. The lowest BCUT2D eigenvalue weighted by molar-refractivity contribution is -0.384. The molecule has 0 amide bonds. The van der Waals surface area contributed by atoms with Crippen LogP contribution in [0.4, 0.5) is 11.4 Å². The molecule has 9 heteroatoms. The molecule has 29 heavy (non-hydrogen) atoms. The molecular formula is C20H19N5O3S. The van der Waals surface area contributed by atoms with Gasteiger partial charge in [-0.25, -0.2) is 9.97 Å². The smallest absolute Gasteiger partial charge is 0.271 e. The Bertz CT molecular complexity index is 1030. The molecule has 0 saturated carbocycles. The van der Waals surface area contributed by atoms with Gasteiger partial charge in [-0.3, -0.25) is 15.5 Å². The van der Waals surface area contributed by atoms with E-state index in [4.69, 9.17) is 4.74 Å². The van der Waals surface area contributed by atoms with Crippen molar-refractivity contribution < 1.29 is 9.66 Å². The number of hydrazone groups is 1. The zero-order valence-corrected chi connectivity index (χ0v) is 16.7. The van der Waals surface area contributed by atoms with E-state index < -0.39 is 4.92 Å². The van der Waals surface area contributed by atoms with Crippen LogP contribution in [0.1, 0.15) is 18.1 Å². The summed E-state index contributed by atoms with van der Waals surface area (Å²) in [6.07, 6.45) is 3.42. The van der Waals surface area contributed by atoms with Crippen LogP contribution in [0.2, 0.25) is 0 Å². The molecule has 0 spiro atoms. The quantitative estimate of drug-likeness (QED) is 0.192. The molecule has 0 bridgehead atoms. The summed E-state index contributed by atoms with van der Waals surface area (Å²) < 4.78 is 5.46. The first-order chi connectivity index (χ1) is 14.1. The standard InChI is InChI=1S/C20H19N5O3S/c1-14(23-24-17-5-3-6-18(12-17)25(26)27)15-7-8-19(28-2)16(11-15)13-29-20-21-9-4-10-22-20/h3-12,24H,13H2,1-2H3/b23-14-. The van der Waals surface area contributed by atoms with E-state index in [1.807, 2.05) is 25.1 Å². The van der Waals surface area contributed by atoms with Crippen molar-refractivity contribution in [2.75, 3.05) is 12.5 Å². The molecule has 148 valence electrons. The maximum atomic E-state index is 10.9. The number of ether oxygens (including phenoxy) is 1. The van der Waals surface area contributed by atoms with E-state index in [1.165, 1.54) is 23.9 Å². The van der Waals surface area contributed by atoms with Gasteiger partial charge >= 0.3 is 0 Å². The lowest BCUT2D eigenvalue weighted by Crippen LogP contribution is -2.02. The molecule has 0 saturated heterocycles. The molecule has 0 aliphatic heterocycles. The van der Waals surface area contributed by atoms with Gasteiger partial charge in [0.05, 0.1) is 23.4 Å². The first-order valence-corrected chi connectivity index (χ1v) is 9.67. The first kappa shape index (κ1) is 20.3. The molecule has 3 rings (SSSR count). The molecular weight excluding hydrogens is 390 g/mol. The summed E-state index contributed by atoms with van der Waals surface area (Å²) in [6.45, 7) is 1.86. The van der Waals surface area contributed by atoms with Crippen molar-refractivity contribution in [2.45, 2.75) is 17.8 Å². The van der Waals surface area contributed by atoms with Gasteiger partial charge in [0, 0.05) is 35.8 Å². The summed E-state index contributed by atoms with van der Waals surface area (Å²) in [5.74, 6) is 1.42. The van der Waals surface area contributed by atoms with Gasteiger partial charge in [-0.05, 0) is 42.8 Å². The van der Waals surface area contributed by atoms with E-state index >= 15 is 0 Å². The second kappa shape index (κ2) is 9.65. The van der Waals surface area contributed by atoms with Gasteiger partial charge in [-0.1, -0.05) is 17.8 Å². The average molecular weight is 409 g/mol. The number of hydrogen-bond donors (Lipinski definition) is 1. The number of anilines is 1. The normalized spacial score (nSPS) is 11.2. The van der Waals surface area contributed by atoms with E-state index in [0.717, 1.165) is 22.6 Å². The number of aromatic nitrogens is 2. The second-order valence-electron chi connectivity index (χ2n) is 5.96. The van der Waals surface area contributed by atoms with Crippen LogP contribution in [0.15, 0.2) is 71.2 Å². The summed E-state index contributed by atoms with van der Waals surface area (Å²) in [5.41, 5.74) is 6.07. The minimum absolute atomic E-state index is 0.00902. The number of benzene rings is 2. The minimum Gasteiger partial charge on any atom is -0.496 e. The van der Waals surface area contributed by atoms with Crippen LogP contribution >= 0.6 is 11.8 Å². The largest absolute Gasteiger partial charge is 0.496 e. The lowest BCUT2D eigenvalue weighted by Gasteiger charge is -2.11. The summed E-state index contributed by atoms with van der Waals surface area (Å²) >= 11 is 1.52. The van der Waals surface area contributed by atoms with E-state index in [1.54, 1.807) is 37.7 Å². The van der Waals surface area contributed by atoms with Gasteiger partial charge in [0.15, 0.2) is 5.16 Å².